The summed E-state index contributed by atoms with van der Waals surface area (Å²) in [5.74, 6) is 1.16. The molecule has 2 aliphatic heterocycles. The molecule has 2 aliphatic rings. The van der Waals surface area contributed by atoms with Crippen LogP contribution >= 0.6 is 11.8 Å². The number of hydrogen-bond acceptors (Lipinski definition) is 8. The molecule has 0 radical (unpaired) electrons. The lowest BCUT2D eigenvalue weighted by atomic mass is 10.1. The van der Waals surface area contributed by atoms with E-state index in [-0.39, 0.29) is 17.9 Å². The van der Waals surface area contributed by atoms with Gasteiger partial charge in [-0.2, -0.15) is 0 Å². The fraction of sp³-hybridized carbons (Fsp3) is 0.462. The first-order valence-electron chi connectivity index (χ1n) is 12.4. The minimum Gasteiger partial charge on any atom is -0.494 e. The molecule has 0 saturated carbocycles. The number of benzene rings is 1. The van der Waals surface area contributed by atoms with E-state index < -0.39 is 11.4 Å². The van der Waals surface area contributed by atoms with Gasteiger partial charge in [-0.05, 0) is 57.9 Å². The van der Waals surface area contributed by atoms with Crippen LogP contribution in [0.25, 0.3) is 22.6 Å². The molecule has 4 heterocycles. The Hall–Kier alpha value is -3.34. The first kappa shape index (κ1) is 25.3. The summed E-state index contributed by atoms with van der Waals surface area (Å²) in [5.41, 5.74) is 2.52. The molecule has 1 amide bonds. The Morgan fingerprint density at radius 3 is 2.84 bits per heavy atom. The third kappa shape index (κ3) is 5.51. The lowest BCUT2D eigenvalue weighted by molar-refractivity contribution is 0.0206. The number of ether oxygens (including phenoxy) is 2. The number of imidazole rings is 1. The normalized spacial score (nSPS) is 17.4. The highest BCUT2D eigenvalue weighted by Crippen LogP contribution is 2.39. The standard InChI is InChI=1S/C26H31FN6O3S/c1-26(2,3)36-25(34)32-11-5-6-17(15-32)29-23-28-10-9-19(30-23)22-21(31-24-33(22)12-13-37-24)16-7-8-18(27)20(14-16)35-4/h7-10,14,17H,5-6,11-13,15H2,1-4H3,(H,28,29,30)/t17-/m1/s1. The number of nitrogens with zero attached hydrogens (tertiary/aromatic N) is 5. The van der Waals surface area contributed by atoms with Crippen molar-refractivity contribution in [2.45, 2.75) is 57.0 Å². The Bertz CT molecular complexity index is 1310. The average Bonchev–Trinajstić information content (AvgIpc) is 3.45. The van der Waals surface area contributed by atoms with Gasteiger partial charge < -0.3 is 24.3 Å². The van der Waals surface area contributed by atoms with Crippen LogP contribution in [0, 0.1) is 5.82 Å². The summed E-state index contributed by atoms with van der Waals surface area (Å²) in [7, 11) is 1.45. The zero-order valence-corrected chi connectivity index (χ0v) is 22.3. The third-order valence-electron chi connectivity index (χ3n) is 6.21. The largest absolute Gasteiger partial charge is 0.494 e. The maximum atomic E-state index is 14.1. The van der Waals surface area contributed by atoms with Crippen molar-refractivity contribution in [3.8, 4) is 28.4 Å². The van der Waals surface area contributed by atoms with Crippen LogP contribution in [0.4, 0.5) is 15.1 Å². The van der Waals surface area contributed by atoms with Crippen LogP contribution in [0.15, 0.2) is 35.6 Å². The SMILES string of the molecule is COc1cc(-c2nc3n(c2-c2ccnc(N[C@@H]4CCCN(C(=O)OC(C)(C)C)C4)n2)CCS3)ccc1F. The topological polar surface area (TPSA) is 94.4 Å². The number of hydrogen-bond donors (Lipinski definition) is 1. The highest BCUT2D eigenvalue weighted by molar-refractivity contribution is 7.99. The summed E-state index contributed by atoms with van der Waals surface area (Å²) in [6.45, 7) is 7.59. The van der Waals surface area contributed by atoms with Crippen LogP contribution in [0.3, 0.4) is 0 Å². The number of nitrogens with one attached hydrogen (secondary N) is 1. The Labute approximate surface area is 219 Å². The van der Waals surface area contributed by atoms with E-state index in [0.717, 1.165) is 52.9 Å². The summed E-state index contributed by atoms with van der Waals surface area (Å²) in [5, 5.41) is 4.31. The van der Waals surface area contributed by atoms with E-state index in [2.05, 4.69) is 14.9 Å². The Balaban J connectivity index is 1.41. The van der Waals surface area contributed by atoms with Gasteiger partial charge in [-0.15, -0.1) is 0 Å². The molecule has 9 nitrogen and oxygen atoms in total. The van der Waals surface area contributed by atoms with Crippen molar-refractivity contribution in [1.82, 2.24) is 24.4 Å². The van der Waals surface area contributed by atoms with Crippen molar-refractivity contribution < 1.29 is 18.7 Å². The van der Waals surface area contributed by atoms with E-state index in [0.29, 0.717) is 19.0 Å². The maximum absolute atomic E-state index is 14.1. The molecule has 0 unspecified atom stereocenters. The van der Waals surface area contributed by atoms with Crippen LogP contribution in [-0.4, -0.2) is 68.1 Å². The molecule has 1 atom stereocenters. The summed E-state index contributed by atoms with van der Waals surface area (Å²) >= 11 is 1.68. The fourth-order valence-electron chi connectivity index (χ4n) is 4.58. The van der Waals surface area contributed by atoms with E-state index in [1.54, 1.807) is 35.0 Å². The summed E-state index contributed by atoms with van der Waals surface area (Å²) in [4.78, 5) is 28.4. The Morgan fingerprint density at radius 1 is 1.22 bits per heavy atom. The van der Waals surface area contributed by atoms with E-state index in [9.17, 15) is 9.18 Å². The number of halogens is 1. The number of thioether (sulfide) groups is 1. The average molecular weight is 527 g/mol. The molecule has 0 spiro atoms. The number of piperidine rings is 1. The number of carbonyl (C=O) groups is 1. The predicted molar refractivity (Wildman–Crippen MR) is 140 cm³/mol. The molecule has 196 valence electrons. The van der Waals surface area contributed by atoms with E-state index in [1.165, 1.54) is 13.2 Å². The predicted octanol–water partition coefficient (Wildman–Crippen LogP) is 5.07. The van der Waals surface area contributed by atoms with Crippen molar-refractivity contribution in [1.29, 1.82) is 0 Å². The first-order valence-corrected chi connectivity index (χ1v) is 13.4. The first-order chi connectivity index (χ1) is 17.7. The smallest absolute Gasteiger partial charge is 0.410 e. The molecule has 1 fully saturated rings. The van der Waals surface area contributed by atoms with Gasteiger partial charge in [0.15, 0.2) is 16.7 Å². The Kier molecular flexibility index (Phi) is 6.98. The van der Waals surface area contributed by atoms with Gasteiger partial charge in [-0.25, -0.2) is 24.1 Å². The van der Waals surface area contributed by atoms with Gasteiger partial charge in [-0.3, -0.25) is 0 Å². The van der Waals surface area contributed by atoms with Gasteiger partial charge >= 0.3 is 6.09 Å². The van der Waals surface area contributed by atoms with E-state index in [1.807, 2.05) is 26.8 Å². The molecule has 0 bridgehead atoms. The van der Waals surface area contributed by atoms with Crippen LogP contribution < -0.4 is 10.1 Å². The lowest BCUT2D eigenvalue weighted by Gasteiger charge is -2.34. The number of rotatable bonds is 5. The molecular weight excluding hydrogens is 495 g/mol. The monoisotopic (exact) mass is 526 g/mol. The molecule has 0 aliphatic carbocycles. The molecule has 1 N–H and O–H groups in total. The number of likely N-dealkylation sites (tertiary alicyclic amines) is 1. The van der Waals surface area contributed by atoms with Crippen LogP contribution in [-0.2, 0) is 11.3 Å². The molecule has 1 saturated heterocycles. The van der Waals surface area contributed by atoms with Crippen LogP contribution in [0.5, 0.6) is 5.75 Å². The Morgan fingerprint density at radius 2 is 2.05 bits per heavy atom. The molecule has 11 heteroatoms. The van der Waals surface area contributed by atoms with Crippen molar-refractivity contribution in [2.24, 2.45) is 0 Å². The highest BCUT2D eigenvalue weighted by Gasteiger charge is 2.29. The number of anilines is 1. The zero-order valence-electron chi connectivity index (χ0n) is 21.5. The zero-order chi connectivity index (χ0) is 26.2. The second-order valence-corrected chi connectivity index (χ2v) is 11.2. The van der Waals surface area contributed by atoms with Crippen molar-refractivity contribution in [2.75, 3.05) is 31.3 Å². The second-order valence-electron chi connectivity index (χ2n) is 10.1. The quantitative estimate of drug-likeness (QED) is 0.492. The molecule has 37 heavy (non-hydrogen) atoms. The van der Waals surface area contributed by atoms with Gasteiger partial charge in [-0.1, -0.05) is 11.8 Å². The third-order valence-corrected chi connectivity index (χ3v) is 7.16. The second kappa shape index (κ2) is 10.2. The van der Waals surface area contributed by atoms with Gasteiger partial charge in [0.2, 0.25) is 5.95 Å². The minimum absolute atomic E-state index is 0.00376. The van der Waals surface area contributed by atoms with E-state index in [4.69, 9.17) is 19.4 Å². The summed E-state index contributed by atoms with van der Waals surface area (Å²) in [6.07, 6.45) is 3.17. The lowest BCUT2D eigenvalue weighted by Crippen LogP contribution is -2.47. The van der Waals surface area contributed by atoms with Gasteiger partial charge in [0, 0.05) is 43.2 Å². The van der Waals surface area contributed by atoms with Crippen LogP contribution in [0.1, 0.15) is 33.6 Å². The van der Waals surface area contributed by atoms with E-state index >= 15 is 0 Å². The fourth-order valence-corrected chi connectivity index (χ4v) is 5.53. The minimum atomic E-state index is -0.537. The molecule has 3 aromatic rings. The number of carbonyl (C=O) groups excluding carboxylic acids is 1. The van der Waals surface area contributed by atoms with Gasteiger partial charge in [0.1, 0.15) is 5.60 Å². The summed E-state index contributed by atoms with van der Waals surface area (Å²) < 4.78 is 27.0. The molecular formula is C26H31FN6O3S. The molecule has 2 aromatic heterocycles. The number of fused-ring (bicyclic) bond motifs is 1. The van der Waals surface area contributed by atoms with Crippen molar-refractivity contribution in [3.05, 3.63) is 36.3 Å². The van der Waals surface area contributed by atoms with Crippen molar-refractivity contribution >= 4 is 23.8 Å². The van der Waals surface area contributed by atoms with Gasteiger partial charge in [0.05, 0.1) is 24.2 Å². The number of amides is 1. The van der Waals surface area contributed by atoms with Gasteiger partial charge in [0.25, 0.3) is 0 Å². The van der Waals surface area contributed by atoms with Crippen molar-refractivity contribution in [3.63, 3.8) is 0 Å². The van der Waals surface area contributed by atoms with Crippen LogP contribution in [0.2, 0.25) is 0 Å². The maximum Gasteiger partial charge on any atom is 0.410 e. The number of aromatic nitrogens is 4. The summed E-state index contributed by atoms with van der Waals surface area (Å²) in [6, 6.07) is 6.62. The highest BCUT2D eigenvalue weighted by atomic mass is 32.2. The molecule has 5 rings (SSSR count). The number of methoxy groups -OCH3 is 1. The molecule has 1 aromatic carbocycles.